The maximum atomic E-state index is 13.0. The number of nitrogens with zero attached hydrogens (tertiary/aromatic N) is 1. The van der Waals surface area contributed by atoms with Crippen LogP contribution in [0.25, 0.3) is 0 Å². The number of allylic oxidation sites excluding steroid dienone is 3. The molecule has 0 saturated carbocycles. The Morgan fingerprint density at radius 3 is 2.73 bits per heavy atom. The van der Waals surface area contributed by atoms with Crippen molar-refractivity contribution >= 4 is 20.0 Å². The largest absolute Gasteiger partial charge is 0.469 e. The van der Waals surface area contributed by atoms with Gasteiger partial charge in [-0.3, -0.25) is 9.59 Å². The summed E-state index contributed by atoms with van der Waals surface area (Å²) < 4.78 is 5.66. The van der Waals surface area contributed by atoms with Crippen LogP contribution in [-0.4, -0.2) is 37.2 Å². The predicted octanol–water partition coefficient (Wildman–Crippen LogP) is 3.64. The van der Waals surface area contributed by atoms with Gasteiger partial charge in [0.2, 0.25) is 5.91 Å². The Labute approximate surface area is 156 Å². The zero-order valence-corrected chi connectivity index (χ0v) is 16.8. The third-order valence-corrected chi connectivity index (χ3v) is 9.46. The van der Waals surface area contributed by atoms with Gasteiger partial charge >= 0.3 is 5.97 Å². The highest BCUT2D eigenvalue weighted by Gasteiger charge is 2.48. The topological polar surface area (TPSA) is 46.6 Å². The average molecular weight is 370 g/mol. The lowest BCUT2D eigenvalue weighted by Gasteiger charge is -2.46. The van der Waals surface area contributed by atoms with E-state index in [-0.39, 0.29) is 23.3 Å². The molecule has 2 unspecified atom stereocenters. The normalized spacial score (nSPS) is 25.1. The standard InChI is InChI=1S/C21H27NO3Si/c1-16(2)21(24)25-15-26(3)14-22(13-17-9-5-4-6-10-17)20(23)18-11-7-8-12-19(18)26/h4-11,16,19H,12-15H2,1-3H3. The lowest BCUT2D eigenvalue weighted by molar-refractivity contribution is -0.145. The van der Waals surface area contributed by atoms with Crippen molar-refractivity contribution in [2.24, 2.45) is 5.92 Å². The smallest absolute Gasteiger partial charge is 0.308 e. The highest BCUT2D eigenvalue weighted by molar-refractivity contribution is 6.82. The van der Waals surface area contributed by atoms with E-state index in [1.54, 1.807) is 0 Å². The Morgan fingerprint density at radius 1 is 1.31 bits per heavy atom. The Balaban J connectivity index is 1.83. The van der Waals surface area contributed by atoms with E-state index in [9.17, 15) is 9.59 Å². The van der Waals surface area contributed by atoms with Crippen molar-refractivity contribution in [1.29, 1.82) is 0 Å². The fourth-order valence-corrected chi connectivity index (χ4v) is 7.58. The third kappa shape index (κ3) is 3.83. The number of carbonyl (C=O) groups excluding carboxylic acids is 2. The van der Waals surface area contributed by atoms with Gasteiger partial charge in [0.05, 0.1) is 12.1 Å². The van der Waals surface area contributed by atoms with E-state index in [1.807, 2.05) is 61.2 Å². The molecule has 1 amide bonds. The van der Waals surface area contributed by atoms with Crippen LogP contribution in [0.3, 0.4) is 0 Å². The maximum absolute atomic E-state index is 13.0. The molecule has 5 heteroatoms. The summed E-state index contributed by atoms with van der Waals surface area (Å²) in [6.45, 7) is 6.58. The second kappa shape index (κ2) is 7.62. The molecule has 0 spiro atoms. The molecule has 1 heterocycles. The molecule has 1 aliphatic heterocycles. The molecule has 2 atom stereocenters. The van der Waals surface area contributed by atoms with Gasteiger partial charge in [-0.15, -0.1) is 0 Å². The van der Waals surface area contributed by atoms with E-state index >= 15 is 0 Å². The first-order chi connectivity index (χ1) is 12.4. The molecule has 0 bridgehead atoms. The molecule has 0 N–H and O–H groups in total. The van der Waals surface area contributed by atoms with Crippen LogP contribution < -0.4 is 0 Å². The highest BCUT2D eigenvalue weighted by atomic mass is 28.3. The van der Waals surface area contributed by atoms with Crippen molar-refractivity contribution in [2.75, 3.05) is 12.4 Å². The first kappa shape index (κ1) is 18.6. The Hall–Kier alpha value is -2.14. The second-order valence-corrected chi connectivity index (χ2v) is 12.5. The predicted molar refractivity (Wildman–Crippen MR) is 105 cm³/mol. The van der Waals surface area contributed by atoms with E-state index < -0.39 is 8.07 Å². The molecule has 1 aliphatic carbocycles. The molecule has 1 saturated heterocycles. The molecule has 26 heavy (non-hydrogen) atoms. The molecule has 0 radical (unpaired) electrons. The molecular weight excluding hydrogens is 342 g/mol. The van der Waals surface area contributed by atoms with Gasteiger partial charge in [-0.05, 0) is 17.5 Å². The van der Waals surface area contributed by atoms with Crippen LogP contribution in [0.2, 0.25) is 12.1 Å². The number of amides is 1. The van der Waals surface area contributed by atoms with Crippen LogP contribution in [0.5, 0.6) is 0 Å². The lowest BCUT2D eigenvalue weighted by atomic mass is 10.0. The molecule has 0 aromatic heterocycles. The number of ether oxygens (including phenoxy) is 1. The SMILES string of the molecule is CC(C)C(=O)OC[Si]1(C)CN(Cc2ccccc2)C(=O)C2=CC=CCC21. The number of benzene rings is 1. The van der Waals surface area contributed by atoms with Gasteiger partial charge < -0.3 is 9.64 Å². The molecule has 2 aliphatic rings. The summed E-state index contributed by atoms with van der Waals surface area (Å²) in [5.41, 5.74) is 2.25. The number of fused-ring (bicyclic) bond motifs is 1. The quantitative estimate of drug-likeness (QED) is 0.588. The van der Waals surface area contributed by atoms with Gasteiger partial charge in [0.1, 0.15) is 8.07 Å². The highest BCUT2D eigenvalue weighted by Crippen LogP contribution is 2.41. The summed E-state index contributed by atoms with van der Waals surface area (Å²) in [7, 11) is -2.02. The fraction of sp³-hybridized carbons (Fsp3) is 0.429. The summed E-state index contributed by atoms with van der Waals surface area (Å²) in [6.07, 6.45) is 8.14. The first-order valence-electron chi connectivity index (χ1n) is 9.27. The Morgan fingerprint density at radius 2 is 2.04 bits per heavy atom. The summed E-state index contributed by atoms with van der Waals surface area (Å²) >= 11 is 0. The van der Waals surface area contributed by atoms with Crippen LogP contribution in [0.1, 0.15) is 25.8 Å². The van der Waals surface area contributed by atoms with Crippen molar-refractivity contribution in [3.8, 4) is 0 Å². The van der Waals surface area contributed by atoms with E-state index in [0.717, 1.165) is 23.7 Å². The van der Waals surface area contributed by atoms with Gasteiger partial charge in [0, 0.05) is 18.3 Å². The number of rotatable bonds is 5. The third-order valence-electron chi connectivity index (χ3n) is 5.32. The van der Waals surface area contributed by atoms with E-state index in [4.69, 9.17) is 4.74 Å². The van der Waals surface area contributed by atoms with Crippen LogP contribution >= 0.6 is 0 Å². The van der Waals surface area contributed by atoms with Crippen molar-refractivity contribution in [3.05, 3.63) is 59.7 Å². The lowest BCUT2D eigenvalue weighted by Crippen LogP contribution is -2.60. The minimum atomic E-state index is -2.02. The minimum Gasteiger partial charge on any atom is -0.469 e. The molecule has 1 aromatic carbocycles. The molecule has 1 fully saturated rings. The zero-order chi connectivity index (χ0) is 18.7. The zero-order valence-electron chi connectivity index (χ0n) is 15.8. The first-order valence-corrected chi connectivity index (χ1v) is 12.3. The molecule has 138 valence electrons. The molecule has 4 nitrogen and oxygen atoms in total. The Bertz CT molecular complexity index is 741. The van der Waals surface area contributed by atoms with Crippen LogP contribution in [0.15, 0.2) is 54.1 Å². The van der Waals surface area contributed by atoms with Gasteiger partial charge in [-0.2, -0.15) is 0 Å². The Kier molecular flexibility index (Phi) is 5.46. The number of carbonyl (C=O) groups is 2. The second-order valence-electron chi connectivity index (χ2n) is 7.90. The maximum Gasteiger partial charge on any atom is 0.308 e. The van der Waals surface area contributed by atoms with Crippen molar-refractivity contribution in [3.63, 3.8) is 0 Å². The monoisotopic (exact) mass is 369 g/mol. The summed E-state index contributed by atoms with van der Waals surface area (Å²) in [4.78, 5) is 27.0. The summed E-state index contributed by atoms with van der Waals surface area (Å²) in [6, 6.07) is 10.1. The molecule has 3 rings (SSSR count). The average Bonchev–Trinajstić information content (AvgIpc) is 2.65. The van der Waals surface area contributed by atoms with Crippen molar-refractivity contribution in [2.45, 2.75) is 38.9 Å². The number of hydrogen-bond donors (Lipinski definition) is 0. The van der Waals surface area contributed by atoms with Crippen molar-refractivity contribution < 1.29 is 14.3 Å². The summed E-state index contributed by atoms with van der Waals surface area (Å²) in [5.74, 6) is -0.148. The van der Waals surface area contributed by atoms with Gasteiger partial charge in [-0.1, -0.05) is 69.0 Å². The van der Waals surface area contributed by atoms with Crippen LogP contribution in [0, 0.1) is 5.92 Å². The van der Waals surface area contributed by atoms with Gasteiger partial charge in [-0.25, -0.2) is 0 Å². The van der Waals surface area contributed by atoms with E-state index in [1.165, 1.54) is 0 Å². The number of esters is 1. The molecular formula is C21H27NO3Si. The number of hydrogen-bond acceptors (Lipinski definition) is 3. The van der Waals surface area contributed by atoms with Crippen LogP contribution in [-0.2, 0) is 20.9 Å². The van der Waals surface area contributed by atoms with Gasteiger partial charge in [0.15, 0.2) is 0 Å². The molecule has 1 aromatic rings. The van der Waals surface area contributed by atoms with Crippen LogP contribution in [0.4, 0.5) is 0 Å². The van der Waals surface area contributed by atoms with E-state index in [2.05, 4.69) is 12.6 Å². The minimum absolute atomic E-state index is 0.125. The van der Waals surface area contributed by atoms with Gasteiger partial charge in [0.25, 0.3) is 0 Å². The van der Waals surface area contributed by atoms with Crippen molar-refractivity contribution in [1.82, 2.24) is 4.90 Å². The fourth-order valence-electron chi connectivity index (χ4n) is 3.79. The van der Waals surface area contributed by atoms with E-state index in [0.29, 0.717) is 12.8 Å². The summed E-state index contributed by atoms with van der Waals surface area (Å²) in [5, 5.41) is 0.